The number of ether oxygens (including phenoxy) is 1. The number of methoxy groups -OCH3 is 1. The molecule has 5 heteroatoms. The number of ketones is 1. The van der Waals surface area contributed by atoms with Crippen LogP contribution in [0.5, 0.6) is 5.75 Å². The molecule has 1 aliphatic rings. The summed E-state index contributed by atoms with van der Waals surface area (Å²) in [6.07, 6.45) is 4.11. The molecule has 2 heterocycles. The molecule has 1 fully saturated rings. The number of piperidine rings is 1. The predicted molar refractivity (Wildman–Crippen MR) is 109 cm³/mol. The molecule has 4 nitrogen and oxygen atoms in total. The fourth-order valence-corrected chi connectivity index (χ4v) is 4.46. The first-order valence-electron chi connectivity index (χ1n) is 9.57. The second-order valence-corrected chi connectivity index (χ2v) is 8.19. The minimum absolute atomic E-state index is 0.105. The molecule has 0 aliphatic carbocycles. The van der Waals surface area contributed by atoms with Gasteiger partial charge in [-0.3, -0.25) is 9.59 Å². The van der Waals surface area contributed by atoms with Gasteiger partial charge in [0, 0.05) is 35.9 Å². The quantitative estimate of drug-likeness (QED) is 0.659. The van der Waals surface area contributed by atoms with Gasteiger partial charge in [-0.15, -0.1) is 11.3 Å². The zero-order valence-electron chi connectivity index (χ0n) is 16.1. The van der Waals surface area contributed by atoms with E-state index in [9.17, 15) is 9.59 Å². The topological polar surface area (TPSA) is 46.6 Å². The Morgan fingerprint density at radius 3 is 2.85 bits per heavy atom. The highest BCUT2D eigenvalue weighted by molar-refractivity contribution is 7.09. The normalized spacial score (nSPS) is 17.0. The number of hydrogen-bond donors (Lipinski definition) is 0. The van der Waals surface area contributed by atoms with Crippen molar-refractivity contribution < 1.29 is 14.3 Å². The van der Waals surface area contributed by atoms with E-state index in [1.165, 1.54) is 4.88 Å². The van der Waals surface area contributed by atoms with Crippen LogP contribution in [0.2, 0.25) is 0 Å². The number of hydrogen-bond acceptors (Lipinski definition) is 4. The molecule has 0 unspecified atom stereocenters. The van der Waals surface area contributed by atoms with Crippen LogP contribution < -0.4 is 4.74 Å². The van der Waals surface area contributed by atoms with Gasteiger partial charge >= 0.3 is 0 Å². The summed E-state index contributed by atoms with van der Waals surface area (Å²) >= 11 is 1.74. The molecule has 2 aromatic rings. The Kier molecular flexibility index (Phi) is 6.67. The van der Waals surface area contributed by atoms with Crippen molar-refractivity contribution in [2.45, 2.75) is 39.0 Å². The summed E-state index contributed by atoms with van der Waals surface area (Å²) in [5, 5.41) is 2.07. The molecule has 3 rings (SSSR count). The molecule has 0 saturated carbocycles. The summed E-state index contributed by atoms with van der Waals surface area (Å²) in [5.41, 5.74) is 1.67. The van der Waals surface area contributed by atoms with E-state index in [1.807, 2.05) is 36.1 Å². The number of carbonyl (C=O) groups is 2. The highest BCUT2D eigenvalue weighted by Gasteiger charge is 2.29. The number of carbonyl (C=O) groups excluding carboxylic acids is 2. The predicted octanol–water partition coefficient (Wildman–Crippen LogP) is 4.51. The average molecular weight is 386 g/mol. The van der Waals surface area contributed by atoms with E-state index < -0.39 is 0 Å². The Balaban J connectivity index is 1.56. The van der Waals surface area contributed by atoms with E-state index in [-0.39, 0.29) is 17.6 Å². The third-order valence-electron chi connectivity index (χ3n) is 5.24. The maximum Gasteiger partial charge on any atom is 0.222 e. The standard InChI is InChI=1S/C22H27NO3S/c1-16-14-18(26-2)10-11-20(16)22(25)17-6-4-12-23(15-17)21(24)9-3-7-19-8-5-13-27-19/h5,8,10-11,13-14,17H,3-4,6-7,9,12,15H2,1-2H3/t17-/m1/s1. The summed E-state index contributed by atoms with van der Waals surface area (Å²) in [4.78, 5) is 28.8. The number of thiophene rings is 1. The maximum absolute atomic E-state index is 13.0. The Morgan fingerprint density at radius 2 is 2.15 bits per heavy atom. The van der Waals surface area contributed by atoms with Gasteiger partial charge in [-0.05, 0) is 67.8 Å². The third-order valence-corrected chi connectivity index (χ3v) is 6.17. The van der Waals surface area contributed by atoms with Crippen molar-refractivity contribution in [3.63, 3.8) is 0 Å². The van der Waals surface area contributed by atoms with Gasteiger partial charge in [-0.2, -0.15) is 0 Å². The lowest BCUT2D eigenvalue weighted by Gasteiger charge is -2.32. The fraction of sp³-hybridized carbons (Fsp3) is 0.455. The molecule has 1 saturated heterocycles. The second kappa shape index (κ2) is 9.18. The first-order valence-corrected chi connectivity index (χ1v) is 10.5. The van der Waals surface area contributed by atoms with Crippen molar-refractivity contribution in [1.82, 2.24) is 4.90 Å². The van der Waals surface area contributed by atoms with Crippen molar-refractivity contribution >= 4 is 23.0 Å². The molecule has 1 amide bonds. The first kappa shape index (κ1) is 19.6. The van der Waals surface area contributed by atoms with Gasteiger partial charge in [0.25, 0.3) is 0 Å². The minimum atomic E-state index is -0.105. The summed E-state index contributed by atoms with van der Waals surface area (Å²) < 4.78 is 5.22. The van der Waals surface area contributed by atoms with Crippen LogP contribution >= 0.6 is 11.3 Å². The van der Waals surface area contributed by atoms with E-state index in [1.54, 1.807) is 18.4 Å². The van der Waals surface area contributed by atoms with Gasteiger partial charge < -0.3 is 9.64 Å². The highest BCUT2D eigenvalue weighted by atomic mass is 32.1. The van der Waals surface area contributed by atoms with E-state index >= 15 is 0 Å². The second-order valence-electron chi connectivity index (χ2n) is 7.16. The van der Waals surface area contributed by atoms with Crippen LogP contribution in [0.3, 0.4) is 0 Å². The lowest BCUT2D eigenvalue weighted by atomic mass is 9.88. The Bertz CT molecular complexity index is 785. The Hall–Kier alpha value is -2.14. The van der Waals surface area contributed by atoms with Gasteiger partial charge in [0.15, 0.2) is 5.78 Å². The molecule has 27 heavy (non-hydrogen) atoms. The fourth-order valence-electron chi connectivity index (χ4n) is 3.70. The van der Waals surface area contributed by atoms with Crippen molar-refractivity contribution in [1.29, 1.82) is 0 Å². The summed E-state index contributed by atoms with van der Waals surface area (Å²) in [6.45, 7) is 3.25. The molecule has 1 aromatic heterocycles. The SMILES string of the molecule is COc1ccc(C(=O)[C@@H]2CCCN(C(=O)CCCc3cccs3)C2)c(C)c1. The Morgan fingerprint density at radius 1 is 1.30 bits per heavy atom. The van der Waals surface area contributed by atoms with E-state index in [4.69, 9.17) is 4.74 Å². The maximum atomic E-state index is 13.0. The largest absolute Gasteiger partial charge is 0.497 e. The van der Waals surface area contributed by atoms with Gasteiger partial charge in [0.1, 0.15) is 5.75 Å². The summed E-state index contributed by atoms with van der Waals surface area (Å²) in [7, 11) is 1.62. The number of likely N-dealkylation sites (tertiary alicyclic amines) is 1. The van der Waals surface area contributed by atoms with Gasteiger partial charge in [-0.1, -0.05) is 6.07 Å². The lowest BCUT2D eigenvalue weighted by Crippen LogP contribution is -2.42. The van der Waals surface area contributed by atoms with Crippen LogP contribution in [-0.2, 0) is 11.2 Å². The number of nitrogens with zero attached hydrogens (tertiary/aromatic N) is 1. The van der Waals surface area contributed by atoms with Crippen LogP contribution in [0.1, 0.15) is 46.5 Å². The summed E-state index contributed by atoms with van der Waals surface area (Å²) in [5.74, 6) is 0.976. The zero-order valence-corrected chi connectivity index (χ0v) is 16.9. The van der Waals surface area contributed by atoms with Crippen molar-refractivity contribution in [3.8, 4) is 5.75 Å². The van der Waals surface area contributed by atoms with Gasteiger partial charge in [-0.25, -0.2) is 0 Å². The summed E-state index contributed by atoms with van der Waals surface area (Å²) in [6, 6.07) is 9.73. The molecule has 0 bridgehead atoms. The van der Waals surface area contributed by atoms with Crippen molar-refractivity contribution in [2.24, 2.45) is 5.92 Å². The third kappa shape index (κ3) is 4.98. The number of Topliss-reactive ketones (excluding diaryl/α,β-unsaturated/α-hetero) is 1. The minimum Gasteiger partial charge on any atom is -0.497 e. The molecule has 0 spiro atoms. The van der Waals surface area contributed by atoms with Crippen LogP contribution in [0.25, 0.3) is 0 Å². The number of benzene rings is 1. The Labute approximate surface area is 165 Å². The van der Waals surface area contributed by atoms with Crippen LogP contribution in [0, 0.1) is 12.8 Å². The van der Waals surface area contributed by atoms with Crippen LogP contribution in [0.4, 0.5) is 0 Å². The monoisotopic (exact) mass is 385 g/mol. The van der Waals surface area contributed by atoms with E-state index in [0.29, 0.717) is 13.0 Å². The van der Waals surface area contributed by atoms with E-state index in [0.717, 1.165) is 49.1 Å². The van der Waals surface area contributed by atoms with Gasteiger partial charge in [0.05, 0.1) is 7.11 Å². The number of amides is 1. The van der Waals surface area contributed by atoms with Crippen LogP contribution in [-0.4, -0.2) is 36.8 Å². The molecule has 144 valence electrons. The molecule has 1 aliphatic heterocycles. The van der Waals surface area contributed by atoms with Crippen molar-refractivity contribution in [3.05, 3.63) is 51.7 Å². The van der Waals surface area contributed by atoms with Crippen molar-refractivity contribution in [2.75, 3.05) is 20.2 Å². The number of aryl methyl sites for hydroxylation is 2. The average Bonchev–Trinajstić information content (AvgIpc) is 3.21. The molecule has 1 aromatic carbocycles. The molecular formula is C22H27NO3S. The lowest BCUT2D eigenvalue weighted by molar-refractivity contribution is -0.132. The molecule has 1 atom stereocenters. The molecule has 0 radical (unpaired) electrons. The van der Waals surface area contributed by atoms with Gasteiger partial charge in [0.2, 0.25) is 5.91 Å². The zero-order chi connectivity index (χ0) is 19.2. The number of rotatable bonds is 7. The van der Waals surface area contributed by atoms with E-state index in [2.05, 4.69) is 11.4 Å². The first-order chi connectivity index (χ1) is 13.1. The van der Waals surface area contributed by atoms with Crippen LogP contribution in [0.15, 0.2) is 35.7 Å². The molecular weight excluding hydrogens is 358 g/mol. The highest BCUT2D eigenvalue weighted by Crippen LogP contribution is 2.25. The molecule has 0 N–H and O–H groups in total. The smallest absolute Gasteiger partial charge is 0.222 e.